The lowest BCUT2D eigenvalue weighted by Crippen LogP contribution is -2.52. The second kappa shape index (κ2) is 11.9. The molecule has 35 heavy (non-hydrogen) atoms. The first-order valence-corrected chi connectivity index (χ1v) is 13.1. The van der Waals surface area contributed by atoms with Crippen molar-refractivity contribution in [1.29, 1.82) is 0 Å². The SMILES string of the molecule is CC[C@H](C)NC(=O)[C@H](C)N(Cc1ccccc1F)C(=O)CN(c1cccc(C(C)=O)c1)S(C)(=O)=O. The third kappa shape index (κ3) is 7.61. The molecule has 2 rings (SSSR count). The zero-order chi connectivity index (χ0) is 26.3. The topological polar surface area (TPSA) is 104 Å². The third-order valence-corrected chi connectivity index (χ3v) is 6.83. The van der Waals surface area contributed by atoms with E-state index >= 15 is 0 Å². The lowest BCUT2D eigenvalue weighted by atomic mass is 10.1. The van der Waals surface area contributed by atoms with Crippen molar-refractivity contribution < 1.29 is 27.2 Å². The summed E-state index contributed by atoms with van der Waals surface area (Å²) >= 11 is 0. The number of benzene rings is 2. The van der Waals surface area contributed by atoms with Crippen LogP contribution in [0.2, 0.25) is 0 Å². The summed E-state index contributed by atoms with van der Waals surface area (Å²) in [4.78, 5) is 39.2. The largest absolute Gasteiger partial charge is 0.352 e. The number of Topliss-reactive ketones (excluding diaryl/α,β-unsaturated/α-hetero) is 1. The number of halogens is 1. The summed E-state index contributed by atoms with van der Waals surface area (Å²) in [6.45, 7) is 5.72. The van der Waals surface area contributed by atoms with Gasteiger partial charge in [-0.3, -0.25) is 18.7 Å². The molecule has 0 radical (unpaired) electrons. The average molecular weight is 506 g/mol. The highest BCUT2D eigenvalue weighted by molar-refractivity contribution is 7.92. The molecule has 0 aliphatic heterocycles. The summed E-state index contributed by atoms with van der Waals surface area (Å²) in [6.07, 6.45) is 1.62. The van der Waals surface area contributed by atoms with Crippen LogP contribution < -0.4 is 9.62 Å². The first-order chi connectivity index (χ1) is 16.3. The van der Waals surface area contributed by atoms with Crippen LogP contribution in [0.25, 0.3) is 0 Å². The lowest BCUT2D eigenvalue weighted by Gasteiger charge is -2.32. The van der Waals surface area contributed by atoms with Crippen molar-refractivity contribution in [2.24, 2.45) is 0 Å². The molecule has 0 spiro atoms. The molecular formula is C25H32FN3O5S. The second-order valence-corrected chi connectivity index (χ2v) is 10.4. The molecule has 2 aromatic carbocycles. The molecule has 0 heterocycles. The molecule has 2 aromatic rings. The first-order valence-electron chi connectivity index (χ1n) is 11.3. The van der Waals surface area contributed by atoms with E-state index in [0.717, 1.165) is 15.5 Å². The van der Waals surface area contributed by atoms with E-state index in [4.69, 9.17) is 0 Å². The third-order valence-electron chi connectivity index (χ3n) is 5.69. The van der Waals surface area contributed by atoms with Gasteiger partial charge in [0.05, 0.1) is 11.9 Å². The zero-order valence-corrected chi connectivity index (χ0v) is 21.4. The van der Waals surface area contributed by atoms with E-state index in [1.54, 1.807) is 12.1 Å². The molecule has 1 N–H and O–H groups in total. The molecule has 0 saturated carbocycles. The van der Waals surface area contributed by atoms with Crippen molar-refractivity contribution in [3.8, 4) is 0 Å². The highest BCUT2D eigenvalue weighted by Gasteiger charge is 2.31. The van der Waals surface area contributed by atoms with Gasteiger partial charge in [-0.2, -0.15) is 0 Å². The van der Waals surface area contributed by atoms with Crippen molar-refractivity contribution in [2.45, 2.75) is 52.7 Å². The summed E-state index contributed by atoms with van der Waals surface area (Å²) in [5.41, 5.74) is 0.609. The fraction of sp³-hybridized carbons (Fsp3) is 0.400. The van der Waals surface area contributed by atoms with Crippen LogP contribution in [0.3, 0.4) is 0 Å². The summed E-state index contributed by atoms with van der Waals surface area (Å²) in [5, 5.41) is 2.80. The van der Waals surface area contributed by atoms with Gasteiger partial charge in [0, 0.05) is 23.7 Å². The van der Waals surface area contributed by atoms with E-state index in [1.807, 2.05) is 13.8 Å². The van der Waals surface area contributed by atoms with Crippen LogP contribution in [0, 0.1) is 5.82 Å². The number of carbonyl (C=O) groups excluding carboxylic acids is 3. The molecule has 2 amide bonds. The number of nitrogens with one attached hydrogen (secondary N) is 1. The predicted molar refractivity (Wildman–Crippen MR) is 133 cm³/mol. The van der Waals surface area contributed by atoms with Crippen molar-refractivity contribution in [2.75, 3.05) is 17.1 Å². The van der Waals surface area contributed by atoms with Gasteiger partial charge in [-0.05, 0) is 45.4 Å². The van der Waals surface area contributed by atoms with Gasteiger partial charge in [-0.1, -0.05) is 37.3 Å². The molecule has 0 aromatic heterocycles. The number of amides is 2. The summed E-state index contributed by atoms with van der Waals surface area (Å²) in [5.74, 6) is -1.94. The number of hydrogen-bond acceptors (Lipinski definition) is 5. The maximum atomic E-state index is 14.4. The number of nitrogens with zero attached hydrogens (tertiary/aromatic N) is 2. The monoisotopic (exact) mass is 505 g/mol. The number of ketones is 1. The smallest absolute Gasteiger partial charge is 0.244 e. The maximum Gasteiger partial charge on any atom is 0.244 e. The molecular weight excluding hydrogens is 473 g/mol. The Balaban J connectivity index is 2.44. The van der Waals surface area contributed by atoms with Crippen LogP contribution in [0.15, 0.2) is 48.5 Å². The Morgan fingerprint density at radius 3 is 2.29 bits per heavy atom. The Labute approximate surface area is 206 Å². The van der Waals surface area contributed by atoms with E-state index < -0.39 is 40.2 Å². The fourth-order valence-electron chi connectivity index (χ4n) is 3.35. The zero-order valence-electron chi connectivity index (χ0n) is 20.6. The minimum Gasteiger partial charge on any atom is -0.352 e. The number of carbonyl (C=O) groups is 3. The Hall–Kier alpha value is -3.27. The predicted octanol–water partition coefficient (Wildman–Crippen LogP) is 3.13. The number of sulfonamides is 1. The van der Waals surface area contributed by atoms with Gasteiger partial charge in [-0.25, -0.2) is 12.8 Å². The number of hydrogen-bond donors (Lipinski definition) is 1. The van der Waals surface area contributed by atoms with Gasteiger partial charge in [0.2, 0.25) is 21.8 Å². The summed E-state index contributed by atoms with van der Waals surface area (Å²) < 4.78 is 40.5. The summed E-state index contributed by atoms with van der Waals surface area (Å²) in [6, 6.07) is 10.7. The van der Waals surface area contributed by atoms with Crippen LogP contribution in [-0.4, -0.2) is 55.8 Å². The molecule has 2 atom stereocenters. The second-order valence-electron chi connectivity index (χ2n) is 8.48. The molecule has 0 fully saturated rings. The summed E-state index contributed by atoms with van der Waals surface area (Å²) in [7, 11) is -3.94. The van der Waals surface area contributed by atoms with Crippen LogP contribution in [0.4, 0.5) is 10.1 Å². The van der Waals surface area contributed by atoms with E-state index in [0.29, 0.717) is 6.42 Å². The van der Waals surface area contributed by atoms with Crippen molar-refractivity contribution in [3.05, 3.63) is 65.5 Å². The van der Waals surface area contributed by atoms with Gasteiger partial charge in [-0.15, -0.1) is 0 Å². The lowest BCUT2D eigenvalue weighted by molar-refractivity contribution is -0.139. The number of anilines is 1. The Morgan fingerprint density at radius 2 is 1.71 bits per heavy atom. The highest BCUT2D eigenvalue weighted by Crippen LogP contribution is 2.21. The van der Waals surface area contributed by atoms with E-state index in [-0.39, 0.29) is 35.2 Å². The van der Waals surface area contributed by atoms with E-state index in [9.17, 15) is 27.2 Å². The molecule has 0 aliphatic carbocycles. The quantitative estimate of drug-likeness (QED) is 0.473. The normalized spacial score (nSPS) is 13.0. The minimum absolute atomic E-state index is 0.135. The van der Waals surface area contributed by atoms with E-state index in [1.165, 1.54) is 50.2 Å². The maximum absolute atomic E-state index is 14.4. The van der Waals surface area contributed by atoms with Gasteiger partial charge >= 0.3 is 0 Å². The Morgan fingerprint density at radius 1 is 1.06 bits per heavy atom. The average Bonchev–Trinajstić information content (AvgIpc) is 2.80. The Bertz CT molecular complexity index is 1190. The van der Waals surface area contributed by atoms with Gasteiger partial charge in [0.15, 0.2) is 5.78 Å². The molecule has 190 valence electrons. The van der Waals surface area contributed by atoms with Crippen molar-refractivity contribution in [3.63, 3.8) is 0 Å². The fourth-order valence-corrected chi connectivity index (χ4v) is 4.19. The standard InChI is InChI=1S/C25H32FN3O5S/c1-6-17(2)27-25(32)18(3)28(15-21-10-7-8-13-23(21)26)24(31)16-29(35(5,33)34)22-12-9-11-20(14-22)19(4)30/h7-14,17-18H,6,15-16H2,1-5H3,(H,27,32)/t17-,18-/m0/s1. The first kappa shape index (κ1) is 28.0. The van der Waals surface area contributed by atoms with Crippen LogP contribution in [0.1, 0.15) is 50.0 Å². The molecule has 8 nitrogen and oxygen atoms in total. The van der Waals surface area contributed by atoms with Crippen LogP contribution in [-0.2, 0) is 26.2 Å². The van der Waals surface area contributed by atoms with Crippen molar-refractivity contribution in [1.82, 2.24) is 10.2 Å². The molecule has 0 aliphatic rings. The van der Waals surface area contributed by atoms with E-state index in [2.05, 4.69) is 5.32 Å². The van der Waals surface area contributed by atoms with Crippen LogP contribution >= 0.6 is 0 Å². The van der Waals surface area contributed by atoms with Gasteiger partial charge < -0.3 is 10.2 Å². The molecule has 10 heteroatoms. The van der Waals surface area contributed by atoms with Gasteiger partial charge in [0.1, 0.15) is 18.4 Å². The molecule has 0 bridgehead atoms. The van der Waals surface area contributed by atoms with Crippen molar-refractivity contribution >= 4 is 33.3 Å². The Kier molecular flexibility index (Phi) is 9.53. The molecule has 0 unspecified atom stereocenters. The molecule has 0 saturated heterocycles. The van der Waals surface area contributed by atoms with Gasteiger partial charge in [0.25, 0.3) is 0 Å². The highest BCUT2D eigenvalue weighted by atomic mass is 32.2. The van der Waals surface area contributed by atoms with Crippen LogP contribution in [0.5, 0.6) is 0 Å². The number of rotatable bonds is 11. The minimum atomic E-state index is -3.94.